The molecule has 0 radical (unpaired) electrons. The number of thiazole rings is 1. The molecule has 0 unspecified atom stereocenters. The second kappa shape index (κ2) is 5.43. The van der Waals surface area contributed by atoms with Gasteiger partial charge in [-0.25, -0.2) is 9.78 Å². The second-order valence-electron chi connectivity index (χ2n) is 3.56. The van der Waals surface area contributed by atoms with Crippen LogP contribution in [0.2, 0.25) is 0 Å². The Morgan fingerprint density at radius 1 is 1.44 bits per heavy atom. The Labute approximate surface area is 108 Å². The predicted octanol–water partition coefficient (Wildman–Crippen LogP) is 2.39. The summed E-state index contributed by atoms with van der Waals surface area (Å²) in [5.74, 6) is -0.504. The van der Waals surface area contributed by atoms with Crippen molar-refractivity contribution in [2.24, 2.45) is 0 Å². The van der Waals surface area contributed by atoms with E-state index in [4.69, 9.17) is 5.26 Å². The van der Waals surface area contributed by atoms with Crippen LogP contribution in [0.3, 0.4) is 0 Å². The third kappa shape index (κ3) is 2.55. The fourth-order valence-electron chi connectivity index (χ4n) is 1.51. The van der Waals surface area contributed by atoms with E-state index in [2.05, 4.69) is 9.72 Å². The molecule has 90 valence electrons. The Hall–Kier alpha value is -2.19. The Morgan fingerprint density at radius 3 is 2.78 bits per heavy atom. The van der Waals surface area contributed by atoms with Gasteiger partial charge in [0.15, 0.2) is 5.69 Å². The SMILES string of the molecule is COC(=O)c1nc(C#N)c(Cc2ccccc2)s1. The van der Waals surface area contributed by atoms with Crippen molar-refractivity contribution < 1.29 is 9.53 Å². The van der Waals surface area contributed by atoms with Gasteiger partial charge in [0.1, 0.15) is 6.07 Å². The lowest BCUT2D eigenvalue weighted by Gasteiger charge is -1.97. The van der Waals surface area contributed by atoms with Crippen molar-refractivity contribution in [2.75, 3.05) is 7.11 Å². The Kier molecular flexibility index (Phi) is 3.70. The summed E-state index contributed by atoms with van der Waals surface area (Å²) in [5, 5.41) is 9.23. The highest BCUT2D eigenvalue weighted by molar-refractivity contribution is 7.13. The minimum atomic E-state index is -0.504. The smallest absolute Gasteiger partial charge is 0.367 e. The molecule has 1 aromatic heterocycles. The molecule has 0 fully saturated rings. The monoisotopic (exact) mass is 258 g/mol. The van der Waals surface area contributed by atoms with Gasteiger partial charge in [-0.2, -0.15) is 5.26 Å². The van der Waals surface area contributed by atoms with Gasteiger partial charge in [0.2, 0.25) is 5.01 Å². The van der Waals surface area contributed by atoms with E-state index in [1.165, 1.54) is 18.4 Å². The molecule has 1 heterocycles. The van der Waals surface area contributed by atoms with E-state index in [1.54, 1.807) is 0 Å². The maximum absolute atomic E-state index is 11.4. The summed E-state index contributed by atoms with van der Waals surface area (Å²) >= 11 is 1.20. The highest BCUT2D eigenvalue weighted by atomic mass is 32.1. The first kappa shape index (κ1) is 12.3. The molecule has 18 heavy (non-hydrogen) atoms. The first-order valence-corrected chi connectivity index (χ1v) is 6.08. The molecule has 2 aromatic rings. The molecule has 5 heteroatoms. The number of carbonyl (C=O) groups is 1. The molecule has 0 amide bonds. The molecule has 0 atom stereocenters. The lowest BCUT2D eigenvalue weighted by Crippen LogP contribution is -1.99. The molecule has 0 saturated heterocycles. The summed E-state index contributed by atoms with van der Waals surface area (Å²) in [6.07, 6.45) is 0.596. The number of nitriles is 1. The van der Waals surface area contributed by atoms with Gasteiger partial charge in [-0.05, 0) is 5.56 Å². The number of hydrogen-bond donors (Lipinski definition) is 0. The van der Waals surface area contributed by atoms with Gasteiger partial charge in [-0.1, -0.05) is 30.3 Å². The molecular formula is C13H10N2O2S. The van der Waals surface area contributed by atoms with Crippen molar-refractivity contribution >= 4 is 17.3 Å². The van der Waals surface area contributed by atoms with Crippen LogP contribution >= 0.6 is 11.3 Å². The van der Waals surface area contributed by atoms with Crippen LogP contribution in [-0.2, 0) is 11.2 Å². The predicted molar refractivity (Wildman–Crippen MR) is 67.4 cm³/mol. The third-order valence-electron chi connectivity index (χ3n) is 2.37. The van der Waals surface area contributed by atoms with Crippen molar-refractivity contribution in [1.29, 1.82) is 5.26 Å². The largest absolute Gasteiger partial charge is 0.464 e. The number of nitrogens with zero attached hydrogens (tertiary/aromatic N) is 2. The summed E-state index contributed by atoms with van der Waals surface area (Å²) in [7, 11) is 1.30. The Bertz CT molecular complexity index is 599. The highest BCUT2D eigenvalue weighted by Crippen LogP contribution is 2.22. The maximum atomic E-state index is 11.4. The molecule has 0 aliphatic heterocycles. The molecular weight excluding hydrogens is 248 g/mol. The van der Waals surface area contributed by atoms with Crippen LogP contribution in [0, 0.1) is 11.3 Å². The number of aromatic nitrogens is 1. The molecule has 2 rings (SSSR count). The van der Waals surface area contributed by atoms with Crippen LogP contribution in [0.4, 0.5) is 0 Å². The van der Waals surface area contributed by atoms with Crippen LogP contribution in [0.15, 0.2) is 30.3 Å². The van der Waals surface area contributed by atoms with Gasteiger partial charge >= 0.3 is 5.97 Å². The summed E-state index contributed by atoms with van der Waals surface area (Å²) in [4.78, 5) is 16.1. The Balaban J connectivity index is 2.31. The van der Waals surface area contributed by atoms with E-state index >= 15 is 0 Å². The minimum Gasteiger partial charge on any atom is -0.464 e. The standard InChI is InChI=1S/C13H10N2O2S/c1-17-13(16)12-15-10(8-14)11(18-12)7-9-5-3-2-4-6-9/h2-6H,7H2,1H3. The number of ether oxygens (including phenoxy) is 1. The summed E-state index contributed by atoms with van der Waals surface area (Å²) < 4.78 is 4.60. The normalized spacial score (nSPS) is 9.78. The number of benzene rings is 1. The lowest BCUT2D eigenvalue weighted by molar-refractivity contribution is 0.0600. The molecule has 0 aliphatic rings. The zero-order valence-corrected chi connectivity index (χ0v) is 10.5. The van der Waals surface area contributed by atoms with Gasteiger partial charge in [-0.3, -0.25) is 0 Å². The van der Waals surface area contributed by atoms with Crippen molar-refractivity contribution in [3.05, 3.63) is 51.5 Å². The fraction of sp³-hybridized carbons (Fsp3) is 0.154. The van der Waals surface area contributed by atoms with Crippen LogP contribution in [0.25, 0.3) is 0 Å². The molecule has 0 bridgehead atoms. The first-order chi connectivity index (χ1) is 8.74. The average Bonchev–Trinajstić information content (AvgIpc) is 2.82. The van der Waals surface area contributed by atoms with Crippen LogP contribution in [-0.4, -0.2) is 18.1 Å². The van der Waals surface area contributed by atoms with Crippen molar-refractivity contribution in [1.82, 2.24) is 4.98 Å². The number of hydrogen-bond acceptors (Lipinski definition) is 5. The summed E-state index contributed by atoms with van der Waals surface area (Å²) in [6.45, 7) is 0. The Morgan fingerprint density at radius 2 is 2.17 bits per heavy atom. The molecule has 4 nitrogen and oxygen atoms in total. The lowest BCUT2D eigenvalue weighted by atomic mass is 10.1. The fourth-order valence-corrected chi connectivity index (χ4v) is 2.48. The van der Waals surface area contributed by atoms with E-state index in [1.807, 2.05) is 36.4 Å². The van der Waals surface area contributed by atoms with Crippen LogP contribution in [0.1, 0.15) is 25.9 Å². The van der Waals surface area contributed by atoms with Gasteiger partial charge in [-0.15, -0.1) is 11.3 Å². The molecule has 0 N–H and O–H groups in total. The number of methoxy groups -OCH3 is 1. The van der Waals surface area contributed by atoms with Crippen molar-refractivity contribution in [2.45, 2.75) is 6.42 Å². The molecule has 0 saturated carbocycles. The van der Waals surface area contributed by atoms with E-state index in [0.717, 1.165) is 10.4 Å². The number of carbonyl (C=O) groups excluding carboxylic acids is 1. The van der Waals surface area contributed by atoms with Gasteiger partial charge in [0, 0.05) is 11.3 Å². The van der Waals surface area contributed by atoms with E-state index < -0.39 is 5.97 Å². The van der Waals surface area contributed by atoms with Crippen LogP contribution < -0.4 is 0 Å². The first-order valence-electron chi connectivity index (χ1n) is 5.26. The van der Waals surface area contributed by atoms with Crippen molar-refractivity contribution in [3.63, 3.8) is 0 Å². The number of rotatable bonds is 3. The van der Waals surface area contributed by atoms with Gasteiger partial charge in [0.25, 0.3) is 0 Å². The summed E-state index contributed by atoms with van der Waals surface area (Å²) in [5.41, 5.74) is 1.37. The minimum absolute atomic E-state index is 0.222. The zero-order valence-electron chi connectivity index (χ0n) is 9.71. The van der Waals surface area contributed by atoms with Gasteiger partial charge in [0.05, 0.1) is 7.11 Å². The third-order valence-corrected chi connectivity index (χ3v) is 3.41. The van der Waals surface area contributed by atoms with Crippen molar-refractivity contribution in [3.8, 4) is 6.07 Å². The molecule has 0 aliphatic carbocycles. The second-order valence-corrected chi connectivity index (χ2v) is 4.64. The van der Waals surface area contributed by atoms with E-state index in [0.29, 0.717) is 12.1 Å². The number of esters is 1. The molecule has 0 spiro atoms. The van der Waals surface area contributed by atoms with E-state index in [-0.39, 0.29) is 5.01 Å². The maximum Gasteiger partial charge on any atom is 0.367 e. The van der Waals surface area contributed by atoms with E-state index in [9.17, 15) is 4.79 Å². The molecule has 1 aromatic carbocycles. The highest BCUT2D eigenvalue weighted by Gasteiger charge is 2.17. The van der Waals surface area contributed by atoms with Crippen LogP contribution in [0.5, 0.6) is 0 Å². The summed E-state index contributed by atoms with van der Waals surface area (Å²) in [6, 6.07) is 11.7. The van der Waals surface area contributed by atoms with Gasteiger partial charge < -0.3 is 4.74 Å². The topological polar surface area (TPSA) is 63.0 Å². The quantitative estimate of drug-likeness (QED) is 0.793. The average molecular weight is 258 g/mol. The zero-order chi connectivity index (χ0) is 13.0.